The van der Waals surface area contributed by atoms with Crippen LogP contribution in [0.25, 0.3) is 0 Å². The summed E-state index contributed by atoms with van der Waals surface area (Å²) < 4.78 is 27.4. The van der Waals surface area contributed by atoms with Gasteiger partial charge in [-0.15, -0.1) is 0 Å². The molecule has 1 aromatic carbocycles. The standard InChI is InChI=1S/C37H54N2O12/c1-11-22(6)29-31(41)38-26(17-20(2)3)30(40)37(9,10)35(45)50-27(18-21(4)5)33(43)48-23(7)28(34(44)49-24(8)32(42)51-29)39-36(46)47-19-25-15-13-12-14-16-25/h12-16,20-24,26-29H,11,17-19H2,1-10H3,(H,38,41)(H,39,46). The van der Waals surface area contributed by atoms with Gasteiger partial charge in [0, 0.05) is 5.92 Å². The summed E-state index contributed by atoms with van der Waals surface area (Å²) in [6.07, 6.45) is -6.43. The van der Waals surface area contributed by atoms with E-state index in [9.17, 15) is 33.6 Å². The zero-order chi connectivity index (χ0) is 38.6. The topological polar surface area (TPSA) is 190 Å². The maximum Gasteiger partial charge on any atom is 0.408 e. The van der Waals surface area contributed by atoms with Gasteiger partial charge in [-0.25, -0.2) is 19.2 Å². The van der Waals surface area contributed by atoms with E-state index in [1.165, 1.54) is 27.7 Å². The Hall–Kier alpha value is -4.49. The minimum atomic E-state index is -1.84. The lowest BCUT2D eigenvalue weighted by molar-refractivity contribution is -0.183. The zero-order valence-corrected chi connectivity index (χ0v) is 31.3. The van der Waals surface area contributed by atoms with E-state index >= 15 is 0 Å². The van der Waals surface area contributed by atoms with Crippen LogP contribution in [-0.4, -0.2) is 78.2 Å². The number of amides is 2. The van der Waals surface area contributed by atoms with Gasteiger partial charge in [-0.05, 0) is 64.4 Å². The molecule has 0 radical (unpaired) electrons. The minimum Gasteiger partial charge on any atom is -0.457 e. The number of Topliss-reactive ketones (excluding diaryl/α,β-unsaturated/α-hetero) is 1. The fourth-order valence-corrected chi connectivity index (χ4v) is 5.14. The molecule has 7 unspecified atom stereocenters. The van der Waals surface area contributed by atoms with Gasteiger partial charge in [-0.2, -0.15) is 0 Å². The van der Waals surface area contributed by atoms with Gasteiger partial charge in [0.2, 0.25) is 0 Å². The van der Waals surface area contributed by atoms with E-state index in [1.54, 1.807) is 58.0 Å². The number of rotatable bonds is 9. The molecule has 1 aliphatic heterocycles. The Balaban J connectivity index is 2.57. The lowest BCUT2D eigenvalue weighted by Gasteiger charge is -2.32. The molecule has 1 aliphatic rings. The van der Waals surface area contributed by atoms with Gasteiger partial charge in [-0.1, -0.05) is 71.9 Å². The fraction of sp³-hybridized carbons (Fsp3) is 0.649. The van der Waals surface area contributed by atoms with Crippen molar-refractivity contribution in [3.05, 3.63) is 35.9 Å². The van der Waals surface area contributed by atoms with Crippen LogP contribution in [0.4, 0.5) is 4.79 Å². The van der Waals surface area contributed by atoms with Crippen LogP contribution in [0.1, 0.15) is 94.1 Å². The van der Waals surface area contributed by atoms with Gasteiger partial charge in [0.1, 0.15) is 18.1 Å². The normalized spacial score (nSPS) is 26.1. The lowest BCUT2D eigenvalue weighted by atomic mass is 9.81. The van der Waals surface area contributed by atoms with Crippen molar-refractivity contribution in [2.24, 2.45) is 23.2 Å². The highest BCUT2D eigenvalue weighted by molar-refractivity contribution is 6.07. The molecular weight excluding hydrogens is 664 g/mol. The Morgan fingerprint density at radius 2 is 1.45 bits per heavy atom. The van der Waals surface area contributed by atoms with Crippen molar-refractivity contribution >= 4 is 41.7 Å². The third-order valence-corrected chi connectivity index (χ3v) is 8.46. The number of ketones is 1. The van der Waals surface area contributed by atoms with Crippen molar-refractivity contribution in [2.75, 3.05) is 0 Å². The lowest BCUT2D eigenvalue weighted by Crippen LogP contribution is -2.55. The average molecular weight is 719 g/mol. The first-order valence-electron chi connectivity index (χ1n) is 17.4. The van der Waals surface area contributed by atoms with Crippen molar-refractivity contribution < 1.29 is 57.2 Å². The van der Waals surface area contributed by atoms with E-state index in [0.29, 0.717) is 12.0 Å². The first-order valence-corrected chi connectivity index (χ1v) is 17.4. The molecule has 1 fully saturated rings. The summed E-state index contributed by atoms with van der Waals surface area (Å²) >= 11 is 0. The first-order chi connectivity index (χ1) is 23.8. The molecule has 0 aromatic heterocycles. The van der Waals surface area contributed by atoms with Crippen molar-refractivity contribution in [3.8, 4) is 0 Å². The minimum absolute atomic E-state index is 0.00512. The molecule has 0 aliphatic carbocycles. The number of benzene rings is 1. The van der Waals surface area contributed by atoms with E-state index < -0.39 is 89.5 Å². The smallest absolute Gasteiger partial charge is 0.408 e. The molecule has 14 heteroatoms. The molecule has 2 rings (SSSR count). The highest BCUT2D eigenvalue weighted by Gasteiger charge is 2.46. The van der Waals surface area contributed by atoms with Gasteiger partial charge in [-0.3, -0.25) is 14.4 Å². The van der Waals surface area contributed by atoms with Crippen molar-refractivity contribution in [2.45, 2.75) is 132 Å². The summed E-state index contributed by atoms with van der Waals surface area (Å²) in [4.78, 5) is 94.4. The molecule has 1 heterocycles. The van der Waals surface area contributed by atoms with Crippen LogP contribution in [0.5, 0.6) is 0 Å². The second kappa shape index (κ2) is 19.2. The van der Waals surface area contributed by atoms with Crippen LogP contribution in [0.2, 0.25) is 0 Å². The molecule has 2 N–H and O–H groups in total. The summed E-state index contributed by atoms with van der Waals surface area (Å²) in [5.41, 5.74) is -1.18. The highest BCUT2D eigenvalue weighted by atomic mass is 16.6. The molecule has 1 saturated heterocycles. The van der Waals surface area contributed by atoms with E-state index in [0.717, 1.165) is 0 Å². The molecule has 0 bridgehead atoms. The quantitative estimate of drug-likeness (QED) is 0.211. The molecular formula is C37H54N2O12. The molecule has 7 atom stereocenters. The van der Waals surface area contributed by atoms with Crippen LogP contribution >= 0.6 is 0 Å². The number of hydrogen-bond donors (Lipinski definition) is 2. The van der Waals surface area contributed by atoms with Gasteiger partial charge < -0.3 is 34.3 Å². The third kappa shape index (κ3) is 12.7. The molecule has 51 heavy (non-hydrogen) atoms. The first kappa shape index (κ1) is 42.7. The summed E-state index contributed by atoms with van der Waals surface area (Å²) in [6.45, 7) is 15.7. The molecule has 0 saturated carbocycles. The van der Waals surface area contributed by atoms with Gasteiger partial charge in [0.05, 0.1) is 6.04 Å². The monoisotopic (exact) mass is 718 g/mol. The Morgan fingerprint density at radius 3 is 2.02 bits per heavy atom. The van der Waals surface area contributed by atoms with E-state index in [-0.39, 0.29) is 31.3 Å². The van der Waals surface area contributed by atoms with Crippen molar-refractivity contribution in [3.63, 3.8) is 0 Å². The van der Waals surface area contributed by atoms with E-state index in [2.05, 4.69) is 10.6 Å². The van der Waals surface area contributed by atoms with Crippen LogP contribution in [0.3, 0.4) is 0 Å². The molecule has 2 amide bonds. The molecule has 284 valence electrons. The second-order valence-electron chi connectivity index (χ2n) is 14.4. The molecule has 0 spiro atoms. The Kier molecular flexibility index (Phi) is 16.1. The number of carbonyl (C=O) groups is 7. The van der Waals surface area contributed by atoms with Crippen molar-refractivity contribution in [1.82, 2.24) is 10.6 Å². The number of alkyl carbamates (subject to hydrolysis) is 1. The third-order valence-electron chi connectivity index (χ3n) is 8.46. The van der Waals surface area contributed by atoms with E-state index in [1.807, 2.05) is 13.8 Å². The van der Waals surface area contributed by atoms with E-state index in [4.69, 9.17) is 23.7 Å². The molecule has 14 nitrogen and oxygen atoms in total. The zero-order valence-electron chi connectivity index (χ0n) is 31.3. The maximum atomic E-state index is 14.0. The number of nitrogens with one attached hydrogen (secondary N) is 2. The number of cyclic esters (lactones) is 4. The maximum absolute atomic E-state index is 14.0. The number of ether oxygens (including phenoxy) is 5. The van der Waals surface area contributed by atoms with Crippen LogP contribution in [-0.2, 0) is 59.1 Å². The van der Waals surface area contributed by atoms with Crippen LogP contribution in [0, 0.1) is 23.2 Å². The predicted molar refractivity (Wildman–Crippen MR) is 184 cm³/mol. The van der Waals surface area contributed by atoms with Gasteiger partial charge in [0.25, 0.3) is 5.91 Å². The Morgan fingerprint density at radius 1 is 0.843 bits per heavy atom. The van der Waals surface area contributed by atoms with Crippen LogP contribution in [0.15, 0.2) is 30.3 Å². The largest absolute Gasteiger partial charge is 0.457 e. The number of hydrogen-bond acceptors (Lipinski definition) is 12. The van der Waals surface area contributed by atoms with Crippen molar-refractivity contribution in [1.29, 1.82) is 0 Å². The summed E-state index contributed by atoms with van der Waals surface area (Å²) in [5, 5.41) is 4.99. The average Bonchev–Trinajstić information content (AvgIpc) is 3.06. The summed E-state index contributed by atoms with van der Waals surface area (Å²) in [5.74, 6) is -6.62. The SMILES string of the molecule is CCC(C)C1OC(=O)C(C)OC(=O)C(NC(=O)OCc2ccccc2)C(C)OC(=O)C(CC(C)C)OC(=O)C(C)(C)C(=O)C(CC(C)C)NC1=O. The summed E-state index contributed by atoms with van der Waals surface area (Å²) in [7, 11) is 0. The van der Waals surface area contributed by atoms with Gasteiger partial charge >= 0.3 is 30.0 Å². The highest BCUT2D eigenvalue weighted by Crippen LogP contribution is 2.27. The molecule has 1 aromatic rings. The fourth-order valence-electron chi connectivity index (χ4n) is 5.14. The number of esters is 4. The predicted octanol–water partition coefficient (Wildman–Crippen LogP) is 4.20. The van der Waals surface area contributed by atoms with Crippen LogP contribution < -0.4 is 10.6 Å². The number of carbonyl (C=O) groups excluding carboxylic acids is 7. The Labute approximate surface area is 300 Å². The summed E-state index contributed by atoms with van der Waals surface area (Å²) in [6, 6.07) is 5.84. The second-order valence-corrected chi connectivity index (χ2v) is 14.4. The Bertz CT molecular complexity index is 1390. The van der Waals surface area contributed by atoms with Gasteiger partial charge in [0.15, 0.2) is 30.1 Å².